The Kier molecular flexibility index (Phi) is 1.77. The van der Waals surface area contributed by atoms with Crippen LogP contribution < -0.4 is 0 Å². The van der Waals surface area contributed by atoms with E-state index >= 15 is 0 Å². The molecule has 4 aliphatic carbocycles. The molecule has 1 saturated heterocycles. The molecular weight excluding hydrogens is 252 g/mol. The zero-order valence-electron chi connectivity index (χ0n) is 12.2. The third-order valence-electron chi connectivity index (χ3n) is 6.75. The van der Waals surface area contributed by atoms with E-state index in [1.165, 1.54) is 37.5 Å². The lowest BCUT2D eigenvalue weighted by Crippen LogP contribution is -2.38. The summed E-state index contributed by atoms with van der Waals surface area (Å²) in [5.41, 5.74) is 3.73. The number of epoxide rings is 1. The number of ether oxygens (including phenoxy) is 2. The number of esters is 1. The van der Waals surface area contributed by atoms with Gasteiger partial charge in [-0.25, -0.2) is 4.79 Å². The number of fused-ring (bicyclic) bond motifs is 4. The number of allylic oxidation sites excluding steroid dienone is 1. The van der Waals surface area contributed by atoms with Crippen molar-refractivity contribution in [1.29, 1.82) is 0 Å². The topological polar surface area (TPSA) is 38.8 Å². The van der Waals surface area contributed by atoms with E-state index in [2.05, 4.69) is 19.9 Å². The van der Waals surface area contributed by atoms with Crippen LogP contribution in [0.2, 0.25) is 0 Å². The summed E-state index contributed by atoms with van der Waals surface area (Å²) in [7, 11) is 1.48. The molecule has 3 saturated carbocycles. The first-order valence-electron chi connectivity index (χ1n) is 7.75. The van der Waals surface area contributed by atoms with Crippen LogP contribution in [-0.2, 0) is 14.3 Å². The molecule has 0 amide bonds. The van der Waals surface area contributed by atoms with Gasteiger partial charge in [0, 0.05) is 17.4 Å². The molecule has 4 bridgehead atoms. The number of rotatable bonds is 1. The van der Waals surface area contributed by atoms with Gasteiger partial charge in [-0.3, -0.25) is 0 Å². The number of hydrogen-bond acceptors (Lipinski definition) is 3. The maximum absolute atomic E-state index is 12.2. The van der Waals surface area contributed by atoms with Gasteiger partial charge in [0.05, 0.1) is 7.11 Å². The van der Waals surface area contributed by atoms with Gasteiger partial charge < -0.3 is 9.47 Å². The average molecular weight is 272 g/mol. The zero-order valence-corrected chi connectivity index (χ0v) is 12.2. The summed E-state index contributed by atoms with van der Waals surface area (Å²) in [6.45, 7) is 4.36. The SMILES string of the molecule is COC(=O)C1=C[C@@H]2C(=C(C)C)[C@H]1[C@]13O[C@]21[C@@H]1CC[C@@H]3C1. The number of hydrogen-bond donors (Lipinski definition) is 0. The van der Waals surface area contributed by atoms with Crippen LogP contribution in [0.3, 0.4) is 0 Å². The summed E-state index contributed by atoms with van der Waals surface area (Å²) in [6.07, 6.45) is 6.07. The largest absolute Gasteiger partial charge is 0.466 e. The summed E-state index contributed by atoms with van der Waals surface area (Å²) in [4.78, 5) is 12.2. The Bertz CT molecular complexity index is 612. The maximum atomic E-state index is 12.2. The molecule has 3 heteroatoms. The Morgan fingerprint density at radius 2 is 2.00 bits per heavy atom. The van der Waals surface area contributed by atoms with Gasteiger partial charge in [-0.15, -0.1) is 0 Å². The third-order valence-corrected chi connectivity index (χ3v) is 6.75. The molecule has 1 heterocycles. The van der Waals surface area contributed by atoms with Crippen molar-refractivity contribution in [3.05, 3.63) is 22.8 Å². The first-order valence-corrected chi connectivity index (χ1v) is 7.75. The lowest BCUT2D eigenvalue weighted by molar-refractivity contribution is -0.136. The molecule has 0 aromatic carbocycles. The Morgan fingerprint density at radius 1 is 1.30 bits per heavy atom. The molecule has 3 nitrogen and oxygen atoms in total. The van der Waals surface area contributed by atoms with Crippen LogP contribution >= 0.6 is 0 Å². The summed E-state index contributed by atoms with van der Waals surface area (Å²) >= 11 is 0. The zero-order chi connectivity index (χ0) is 13.9. The molecule has 1 aliphatic heterocycles. The third kappa shape index (κ3) is 0.851. The second-order valence-electron chi connectivity index (χ2n) is 7.37. The maximum Gasteiger partial charge on any atom is 0.334 e. The molecule has 6 atom stereocenters. The highest BCUT2D eigenvalue weighted by Crippen LogP contribution is 2.85. The quantitative estimate of drug-likeness (QED) is 0.418. The predicted octanol–water partition coefficient (Wildman–Crippen LogP) is 2.62. The summed E-state index contributed by atoms with van der Waals surface area (Å²) in [5.74, 6) is 1.73. The van der Waals surface area contributed by atoms with Crippen molar-refractivity contribution in [2.45, 2.75) is 44.3 Å². The second kappa shape index (κ2) is 3.06. The van der Waals surface area contributed by atoms with E-state index in [1.54, 1.807) is 0 Å². The molecule has 0 N–H and O–H groups in total. The fraction of sp³-hybridized carbons (Fsp3) is 0.706. The predicted molar refractivity (Wildman–Crippen MR) is 72.8 cm³/mol. The molecule has 20 heavy (non-hydrogen) atoms. The van der Waals surface area contributed by atoms with E-state index in [1.807, 2.05) is 0 Å². The van der Waals surface area contributed by atoms with Gasteiger partial charge in [-0.05, 0) is 44.9 Å². The lowest BCUT2D eigenvalue weighted by atomic mass is 9.71. The minimum atomic E-state index is -0.155. The van der Waals surface area contributed by atoms with E-state index in [-0.39, 0.29) is 23.1 Å². The van der Waals surface area contributed by atoms with Gasteiger partial charge >= 0.3 is 5.97 Å². The first-order chi connectivity index (χ1) is 9.58. The van der Waals surface area contributed by atoms with Gasteiger partial charge in [-0.2, -0.15) is 0 Å². The van der Waals surface area contributed by atoms with Crippen LogP contribution in [0.4, 0.5) is 0 Å². The van der Waals surface area contributed by atoms with E-state index in [4.69, 9.17) is 9.47 Å². The van der Waals surface area contributed by atoms with Crippen LogP contribution in [-0.4, -0.2) is 24.3 Å². The van der Waals surface area contributed by atoms with Gasteiger partial charge in [0.1, 0.15) is 11.2 Å². The summed E-state index contributed by atoms with van der Waals surface area (Å²) in [6, 6.07) is 0. The molecule has 5 aliphatic rings. The number of carbonyl (C=O) groups excluding carboxylic acids is 1. The smallest absolute Gasteiger partial charge is 0.334 e. The Labute approximate surface area is 119 Å². The van der Waals surface area contributed by atoms with E-state index in [0.29, 0.717) is 17.8 Å². The highest BCUT2D eigenvalue weighted by atomic mass is 16.6. The van der Waals surface area contributed by atoms with E-state index in [9.17, 15) is 4.79 Å². The van der Waals surface area contributed by atoms with Crippen LogP contribution in [0.25, 0.3) is 0 Å². The normalized spacial score (nSPS) is 52.8. The monoisotopic (exact) mass is 272 g/mol. The Morgan fingerprint density at radius 3 is 2.65 bits per heavy atom. The van der Waals surface area contributed by atoms with Crippen LogP contribution in [0.1, 0.15) is 33.1 Å². The fourth-order valence-electron chi connectivity index (χ4n) is 6.33. The number of methoxy groups -OCH3 is 1. The molecule has 0 aromatic heterocycles. The van der Waals surface area contributed by atoms with Crippen molar-refractivity contribution in [2.75, 3.05) is 7.11 Å². The highest BCUT2D eigenvalue weighted by Gasteiger charge is 2.92. The van der Waals surface area contributed by atoms with Gasteiger partial charge in [-0.1, -0.05) is 17.2 Å². The molecule has 0 aromatic rings. The average Bonchev–Trinajstić information content (AvgIpc) is 2.81. The summed E-state index contributed by atoms with van der Waals surface area (Å²) in [5, 5.41) is 0. The van der Waals surface area contributed by atoms with Crippen LogP contribution in [0.5, 0.6) is 0 Å². The highest BCUT2D eigenvalue weighted by molar-refractivity contribution is 5.93. The Hall–Kier alpha value is -1.09. The van der Waals surface area contributed by atoms with Gasteiger partial charge in [0.2, 0.25) is 0 Å². The van der Waals surface area contributed by atoms with Crippen molar-refractivity contribution < 1.29 is 14.3 Å². The molecule has 5 rings (SSSR count). The van der Waals surface area contributed by atoms with Crippen LogP contribution in [0, 0.1) is 23.7 Å². The lowest BCUT2D eigenvalue weighted by Gasteiger charge is -2.27. The minimum Gasteiger partial charge on any atom is -0.466 e. The molecule has 106 valence electrons. The van der Waals surface area contributed by atoms with Crippen molar-refractivity contribution in [1.82, 2.24) is 0 Å². The number of carbonyl (C=O) groups is 1. The first kappa shape index (κ1) is 11.6. The second-order valence-corrected chi connectivity index (χ2v) is 7.37. The van der Waals surface area contributed by atoms with E-state index in [0.717, 1.165) is 5.57 Å². The minimum absolute atomic E-state index is 0.0362. The van der Waals surface area contributed by atoms with Crippen molar-refractivity contribution >= 4 is 5.97 Å². The standard InChI is InChI=1S/C17H20O3/c1-8(2)13-12-7-11(15(18)19-3)14(13)17-10-5-4-9(6-10)16(12,17)20-17/h7,9-10,12,14H,4-6H2,1-3H3/t9-,10-,12-,14+,16-,17+/m1/s1. The van der Waals surface area contributed by atoms with Crippen LogP contribution in [0.15, 0.2) is 22.8 Å². The summed E-state index contributed by atoms with van der Waals surface area (Å²) < 4.78 is 11.5. The van der Waals surface area contributed by atoms with Gasteiger partial charge in [0.15, 0.2) is 0 Å². The molecule has 0 spiro atoms. The van der Waals surface area contributed by atoms with Crippen molar-refractivity contribution in [3.8, 4) is 0 Å². The molecular formula is C17H20O3. The molecule has 0 unspecified atom stereocenters. The Balaban J connectivity index is 1.72. The van der Waals surface area contributed by atoms with Crippen molar-refractivity contribution in [2.24, 2.45) is 23.7 Å². The van der Waals surface area contributed by atoms with Gasteiger partial charge in [0.25, 0.3) is 0 Å². The molecule has 4 fully saturated rings. The molecule has 0 radical (unpaired) electrons. The van der Waals surface area contributed by atoms with Crippen molar-refractivity contribution in [3.63, 3.8) is 0 Å². The van der Waals surface area contributed by atoms with E-state index < -0.39 is 0 Å². The fourth-order valence-corrected chi connectivity index (χ4v) is 6.33.